The van der Waals surface area contributed by atoms with E-state index in [9.17, 15) is 35.1 Å². The molecule has 0 N–H and O–H groups in total. The van der Waals surface area contributed by atoms with E-state index >= 15 is 0 Å². The van der Waals surface area contributed by atoms with Crippen molar-refractivity contribution >= 4 is 23.0 Å². The zero-order valence-corrected chi connectivity index (χ0v) is 16.9. The topological polar surface area (TPSA) is 156 Å². The Balaban J connectivity index is 1.96. The zero-order valence-electron chi connectivity index (χ0n) is 16.9. The van der Waals surface area contributed by atoms with Crippen molar-refractivity contribution in [1.82, 2.24) is 0 Å². The largest absolute Gasteiger partial charge is 0.468 e. The molecule has 0 fully saturated rings. The molecule has 11 nitrogen and oxygen atoms in total. The highest BCUT2D eigenvalue weighted by Gasteiger charge is 2.58. The summed E-state index contributed by atoms with van der Waals surface area (Å²) in [4.78, 5) is 46.2. The predicted molar refractivity (Wildman–Crippen MR) is 112 cm³/mol. The van der Waals surface area contributed by atoms with E-state index in [1.165, 1.54) is 61.7 Å². The fraction of sp³-hybridized carbons (Fsp3) is 0.136. The summed E-state index contributed by atoms with van der Waals surface area (Å²) in [5.74, 6) is -1.45. The third-order valence-electron chi connectivity index (χ3n) is 6.38. The van der Waals surface area contributed by atoms with Crippen molar-refractivity contribution in [3.05, 3.63) is 118 Å². The number of nitrogens with zero attached hydrogens (tertiary/aromatic N) is 3. The molecule has 3 aromatic carbocycles. The molecule has 33 heavy (non-hydrogen) atoms. The van der Waals surface area contributed by atoms with Gasteiger partial charge in [0.15, 0.2) is 0 Å². The zero-order chi connectivity index (χ0) is 23.7. The highest BCUT2D eigenvalue weighted by atomic mass is 16.6. The fourth-order valence-corrected chi connectivity index (χ4v) is 5.14. The second kappa shape index (κ2) is 6.66. The van der Waals surface area contributed by atoms with Crippen LogP contribution < -0.4 is 0 Å². The first-order valence-corrected chi connectivity index (χ1v) is 9.66. The SMILES string of the molecule is COC(=O)C12c3ccc([N+](=O)[O-])cc3C(c3cc([N+](=O)[O-])ccc31)c1ccc([N+](=O)[O-])cc12. The normalized spacial score (nSPS) is 19.1. The van der Waals surface area contributed by atoms with Crippen LogP contribution in [0.5, 0.6) is 0 Å². The third kappa shape index (κ3) is 2.47. The molecule has 0 heterocycles. The summed E-state index contributed by atoms with van der Waals surface area (Å²) in [6, 6.07) is 12.1. The van der Waals surface area contributed by atoms with Gasteiger partial charge in [-0.1, -0.05) is 18.2 Å². The van der Waals surface area contributed by atoms with Crippen LogP contribution in [0.3, 0.4) is 0 Å². The van der Waals surface area contributed by atoms with Crippen LogP contribution in [0, 0.1) is 30.3 Å². The molecule has 6 rings (SSSR count). The van der Waals surface area contributed by atoms with Crippen LogP contribution in [0.2, 0.25) is 0 Å². The minimum absolute atomic E-state index is 0.211. The van der Waals surface area contributed by atoms with Gasteiger partial charge in [-0.15, -0.1) is 0 Å². The number of non-ortho nitro benzene ring substituents is 3. The van der Waals surface area contributed by atoms with Crippen molar-refractivity contribution in [2.45, 2.75) is 11.3 Å². The lowest BCUT2D eigenvalue weighted by Gasteiger charge is -2.48. The maximum Gasteiger partial charge on any atom is 0.325 e. The third-order valence-corrected chi connectivity index (χ3v) is 6.38. The standard InChI is InChI=1S/C22H13N3O8/c1-33-21(26)22-17-6-3-11(23(27)28)8-15(17)20(14-5-2-13(25(31)32)10-19(14)22)16-9-12(24(29)30)4-7-18(16)22/h2-10,20H,1H3. The summed E-state index contributed by atoms with van der Waals surface area (Å²) >= 11 is 0. The molecule has 3 aromatic rings. The number of ether oxygens (including phenoxy) is 1. The Hall–Kier alpha value is -4.67. The lowest BCUT2D eigenvalue weighted by molar-refractivity contribution is -0.385. The second-order valence-electron chi connectivity index (χ2n) is 7.76. The van der Waals surface area contributed by atoms with E-state index in [2.05, 4.69) is 0 Å². The number of hydrogen-bond donors (Lipinski definition) is 0. The van der Waals surface area contributed by atoms with Crippen LogP contribution in [0.15, 0.2) is 54.6 Å². The van der Waals surface area contributed by atoms with Gasteiger partial charge in [0, 0.05) is 42.3 Å². The molecular weight excluding hydrogens is 434 g/mol. The lowest BCUT2D eigenvalue weighted by atomic mass is 9.52. The molecule has 0 saturated carbocycles. The molecule has 0 atom stereocenters. The first-order chi connectivity index (χ1) is 15.7. The first-order valence-electron chi connectivity index (χ1n) is 9.66. The summed E-state index contributed by atoms with van der Waals surface area (Å²) in [5.41, 5.74) is 0.0829. The Kier molecular flexibility index (Phi) is 4.09. The minimum atomic E-state index is -1.68. The Morgan fingerprint density at radius 3 is 1.64 bits per heavy atom. The Bertz CT molecular complexity index is 1370. The average molecular weight is 447 g/mol. The maximum absolute atomic E-state index is 13.5. The van der Waals surface area contributed by atoms with Crippen LogP contribution in [-0.2, 0) is 14.9 Å². The van der Waals surface area contributed by atoms with Crippen LogP contribution in [0.25, 0.3) is 0 Å². The number of rotatable bonds is 4. The number of esters is 1. The van der Waals surface area contributed by atoms with E-state index in [0.29, 0.717) is 33.4 Å². The van der Waals surface area contributed by atoms with Gasteiger partial charge in [0.25, 0.3) is 17.1 Å². The van der Waals surface area contributed by atoms with E-state index in [1.807, 2.05) is 0 Å². The van der Waals surface area contributed by atoms with Gasteiger partial charge in [-0.2, -0.15) is 0 Å². The molecule has 164 valence electrons. The number of nitro benzene ring substituents is 3. The fourth-order valence-electron chi connectivity index (χ4n) is 5.14. The van der Waals surface area contributed by atoms with Crippen molar-refractivity contribution in [2.24, 2.45) is 0 Å². The molecule has 0 saturated heterocycles. The van der Waals surface area contributed by atoms with Crippen LogP contribution in [0.1, 0.15) is 39.3 Å². The minimum Gasteiger partial charge on any atom is -0.468 e. The molecule has 11 heteroatoms. The monoisotopic (exact) mass is 447 g/mol. The van der Waals surface area contributed by atoms with Gasteiger partial charge in [-0.05, 0) is 33.4 Å². The number of hydrogen-bond acceptors (Lipinski definition) is 8. The molecule has 0 spiro atoms. The Morgan fingerprint density at radius 1 is 0.727 bits per heavy atom. The summed E-state index contributed by atoms with van der Waals surface area (Å²) in [6.45, 7) is 0. The maximum atomic E-state index is 13.5. The highest BCUT2D eigenvalue weighted by Crippen LogP contribution is 2.60. The second-order valence-corrected chi connectivity index (χ2v) is 7.76. The van der Waals surface area contributed by atoms with E-state index in [4.69, 9.17) is 4.74 Å². The average Bonchev–Trinajstić information content (AvgIpc) is 2.81. The number of methoxy groups -OCH3 is 1. The van der Waals surface area contributed by atoms with Gasteiger partial charge in [-0.25, -0.2) is 0 Å². The first kappa shape index (κ1) is 20.2. The van der Waals surface area contributed by atoms with E-state index < -0.39 is 32.1 Å². The van der Waals surface area contributed by atoms with Crippen molar-refractivity contribution in [1.29, 1.82) is 0 Å². The molecule has 3 aliphatic carbocycles. The molecule has 0 amide bonds. The van der Waals surface area contributed by atoms with Crippen molar-refractivity contribution in [2.75, 3.05) is 7.11 Å². The smallest absolute Gasteiger partial charge is 0.325 e. The molecule has 0 aliphatic heterocycles. The highest BCUT2D eigenvalue weighted by molar-refractivity contribution is 5.98. The Morgan fingerprint density at radius 2 is 1.18 bits per heavy atom. The lowest BCUT2D eigenvalue weighted by Crippen LogP contribution is -2.48. The summed E-state index contributed by atoms with van der Waals surface area (Å²) < 4.78 is 5.16. The number of carbonyl (C=O) groups is 1. The van der Waals surface area contributed by atoms with Crippen molar-refractivity contribution in [3.63, 3.8) is 0 Å². The summed E-state index contributed by atoms with van der Waals surface area (Å²) in [6.07, 6.45) is 0. The van der Waals surface area contributed by atoms with E-state index in [1.54, 1.807) is 0 Å². The van der Waals surface area contributed by atoms with Gasteiger partial charge in [0.05, 0.1) is 21.9 Å². The molecule has 0 aromatic heterocycles. The Labute approximate surface area is 184 Å². The van der Waals surface area contributed by atoms with Gasteiger partial charge < -0.3 is 4.74 Å². The van der Waals surface area contributed by atoms with Gasteiger partial charge >= 0.3 is 5.97 Å². The van der Waals surface area contributed by atoms with Gasteiger partial charge in [0.1, 0.15) is 5.41 Å². The quantitative estimate of drug-likeness (QED) is 0.333. The molecule has 0 unspecified atom stereocenters. The summed E-state index contributed by atoms with van der Waals surface area (Å²) in [5, 5.41) is 34.4. The van der Waals surface area contributed by atoms with Gasteiger partial charge in [0.2, 0.25) is 0 Å². The van der Waals surface area contributed by atoms with E-state index in [-0.39, 0.29) is 17.1 Å². The van der Waals surface area contributed by atoms with Gasteiger partial charge in [-0.3, -0.25) is 35.1 Å². The molecule has 2 bridgehead atoms. The van der Waals surface area contributed by atoms with Crippen LogP contribution >= 0.6 is 0 Å². The number of benzene rings is 3. The summed E-state index contributed by atoms with van der Waals surface area (Å²) in [7, 11) is 1.17. The number of carbonyl (C=O) groups excluding carboxylic acids is 1. The number of nitro groups is 3. The molecular formula is C22H13N3O8. The molecule has 0 radical (unpaired) electrons. The molecule has 3 aliphatic rings. The van der Waals surface area contributed by atoms with Crippen LogP contribution in [0.4, 0.5) is 17.1 Å². The predicted octanol–water partition coefficient (Wildman–Crippen LogP) is 3.73. The van der Waals surface area contributed by atoms with E-state index in [0.717, 1.165) is 0 Å². The van der Waals surface area contributed by atoms with Crippen LogP contribution in [-0.4, -0.2) is 27.8 Å². The van der Waals surface area contributed by atoms with Crippen molar-refractivity contribution in [3.8, 4) is 0 Å². The van der Waals surface area contributed by atoms with Crippen molar-refractivity contribution < 1.29 is 24.3 Å².